The van der Waals surface area contributed by atoms with Crippen molar-refractivity contribution in [2.45, 2.75) is 50.0 Å². The average Bonchev–Trinajstić information content (AvgIpc) is 3.28. The second-order valence-corrected chi connectivity index (χ2v) is 7.79. The van der Waals surface area contributed by atoms with Gasteiger partial charge in [0.05, 0.1) is 7.11 Å². The summed E-state index contributed by atoms with van der Waals surface area (Å²) in [5.41, 5.74) is -1.22. The zero-order valence-corrected chi connectivity index (χ0v) is 15.5. The highest BCUT2D eigenvalue weighted by atomic mass is 79.9. The fraction of sp³-hybridized carbons (Fsp3) is 0.588. The van der Waals surface area contributed by atoms with Crippen LogP contribution in [-0.4, -0.2) is 18.7 Å². The normalized spacial score (nSPS) is 16.7. The van der Waals surface area contributed by atoms with Gasteiger partial charge >= 0.3 is 5.97 Å². The van der Waals surface area contributed by atoms with Gasteiger partial charge in [0.25, 0.3) is 5.92 Å². The van der Waals surface area contributed by atoms with Crippen molar-refractivity contribution in [2.75, 3.05) is 7.11 Å². The van der Waals surface area contributed by atoms with E-state index in [0.717, 1.165) is 12.1 Å². The molecule has 0 bridgehead atoms. The number of methoxy groups -OCH3 is 1. The molecule has 2 rings (SSSR count). The van der Waals surface area contributed by atoms with Crippen molar-refractivity contribution in [3.05, 3.63) is 29.1 Å². The van der Waals surface area contributed by atoms with Crippen molar-refractivity contribution >= 4 is 21.9 Å². The predicted molar refractivity (Wildman–Crippen MR) is 87.1 cm³/mol. The highest BCUT2D eigenvalue weighted by molar-refractivity contribution is 9.09. The lowest BCUT2D eigenvalue weighted by molar-refractivity contribution is -0.154. The van der Waals surface area contributed by atoms with Crippen LogP contribution in [0.4, 0.5) is 13.2 Å². The molecule has 0 aliphatic heterocycles. The fourth-order valence-electron chi connectivity index (χ4n) is 2.37. The molecule has 0 radical (unpaired) electrons. The lowest BCUT2D eigenvalue weighted by atomic mass is 9.99. The molecule has 0 aromatic heterocycles. The van der Waals surface area contributed by atoms with E-state index < -0.39 is 39.6 Å². The number of carbonyl (C=O) groups excluding carboxylic acids is 1. The lowest BCUT2D eigenvalue weighted by Crippen LogP contribution is -2.26. The Labute approximate surface area is 147 Å². The number of rotatable bonds is 5. The van der Waals surface area contributed by atoms with Crippen LogP contribution in [0, 0.1) is 11.7 Å². The standard InChI is InChI=1S/C17H20BrF3O3/c1-16(2,3)24-15(22)13(18)11-7-10(8-12(19)14(11)23-4)17(20,21)9-5-6-9/h7-9,13H,5-6H2,1-4H3. The molecule has 3 nitrogen and oxygen atoms in total. The zero-order valence-electron chi connectivity index (χ0n) is 14.0. The first-order valence-corrected chi connectivity index (χ1v) is 8.51. The Kier molecular flexibility index (Phi) is 5.23. The number of esters is 1. The minimum Gasteiger partial charge on any atom is -0.493 e. The molecule has 1 saturated carbocycles. The largest absolute Gasteiger partial charge is 0.493 e. The SMILES string of the molecule is COc1c(F)cc(C(F)(F)C2CC2)cc1C(Br)C(=O)OC(C)(C)C. The predicted octanol–water partition coefficient (Wildman–Crippen LogP) is 5.11. The topological polar surface area (TPSA) is 35.5 Å². The van der Waals surface area contributed by atoms with Crippen LogP contribution in [0.5, 0.6) is 5.75 Å². The molecule has 1 aliphatic rings. The van der Waals surface area contributed by atoms with E-state index in [1.807, 2.05) is 0 Å². The third-order valence-corrected chi connectivity index (χ3v) is 4.51. The van der Waals surface area contributed by atoms with Gasteiger partial charge in [0.15, 0.2) is 11.6 Å². The van der Waals surface area contributed by atoms with Gasteiger partial charge < -0.3 is 9.47 Å². The van der Waals surface area contributed by atoms with E-state index in [0.29, 0.717) is 12.8 Å². The van der Waals surface area contributed by atoms with Gasteiger partial charge in [0.1, 0.15) is 10.4 Å². The summed E-state index contributed by atoms with van der Waals surface area (Å²) in [4.78, 5) is 11.1. The molecule has 0 spiro atoms. The van der Waals surface area contributed by atoms with Gasteiger partial charge in [0, 0.05) is 17.0 Å². The van der Waals surface area contributed by atoms with Crippen LogP contribution in [0.25, 0.3) is 0 Å². The minimum atomic E-state index is -3.14. The Balaban J connectivity index is 2.43. The molecule has 0 saturated heterocycles. The third kappa shape index (κ3) is 4.05. The molecule has 1 fully saturated rings. The van der Waals surface area contributed by atoms with Gasteiger partial charge in [-0.15, -0.1) is 0 Å². The van der Waals surface area contributed by atoms with Crippen LogP contribution in [0.2, 0.25) is 0 Å². The molecule has 134 valence electrons. The summed E-state index contributed by atoms with van der Waals surface area (Å²) < 4.78 is 53.1. The fourth-order valence-corrected chi connectivity index (χ4v) is 2.81. The van der Waals surface area contributed by atoms with Crippen LogP contribution in [-0.2, 0) is 15.5 Å². The van der Waals surface area contributed by atoms with Gasteiger partial charge in [-0.05, 0) is 45.7 Å². The third-order valence-electron chi connectivity index (χ3n) is 3.64. The number of hydrogen-bond donors (Lipinski definition) is 0. The summed E-state index contributed by atoms with van der Waals surface area (Å²) in [6, 6.07) is 1.89. The van der Waals surface area contributed by atoms with E-state index >= 15 is 0 Å². The minimum absolute atomic E-state index is 0.0120. The summed E-state index contributed by atoms with van der Waals surface area (Å²) in [6.45, 7) is 5.04. The Morgan fingerprint density at radius 1 is 1.29 bits per heavy atom. The van der Waals surface area contributed by atoms with E-state index in [1.165, 1.54) is 7.11 Å². The molecular formula is C17H20BrF3O3. The first-order valence-electron chi connectivity index (χ1n) is 7.60. The number of hydrogen-bond acceptors (Lipinski definition) is 3. The molecule has 0 N–H and O–H groups in total. The van der Waals surface area contributed by atoms with Crippen molar-refractivity contribution in [3.63, 3.8) is 0 Å². The van der Waals surface area contributed by atoms with E-state index in [9.17, 15) is 18.0 Å². The maximum absolute atomic E-state index is 14.3. The first-order chi connectivity index (χ1) is 11.0. The second kappa shape index (κ2) is 6.58. The average molecular weight is 409 g/mol. The van der Waals surface area contributed by atoms with Crippen LogP contribution in [0.1, 0.15) is 49.6 Å². The number of benzene rings is 1. The summed E-state index contributed by atoms with van der Waals surface area (Å²) in [7, 11) is 1.22. The molecule has 0 heterocycles. The lowest BCUT2D eigenvalue weighted by Gasteiger charge is -2.24. The number of halogens is 4. The van der Waals surface area contributed by atoms with Crippen molar-refractivity contribution in [1.82, 2.24) is 0 Å². The quantitative estimate of drug-likeness (QED) is 0.501. The Morgan fingerprint density at radius 2 is 1.88 bits per heavy atom. The molecule has 24 heavy (non-hydrogen) atoms. The van der Waals surface area contributed by atoms with Crippen molar-refractivity contribution in [1.29, 1.82) is 0 Å². The second-order valence-electron chi connectivity index (χ2n) is 6.87. The van der Waals surface area contributed by atoms with Crippen LogP contribution >= 0.6 is 15.9 Å². The van der Waals surface area contributed by atoms with Crippen LogP contribution in [0.3, 0.4) is 0 Å². The van der Waals surface area contributed by atoms with E-state index in [-0.39, 0.29) is 11.3 Å². The molecule has 7 heteroatoms. The van der Waals surface area contributed by atoms with E-state index in [2.05, 4.69) is 15.9 Å². The Hall–Kier alpha value is -1.24. The van der Waals surface area contributed by atoms with Crippen LogP contribution < -0.4 is 4.74 Å². The summed E-state index contributed by atoms with van der Waals surface area (Å²) >= 11 is 3.12. The highest BCUT2D eigenvalue weighted by Gasteiger charge is 2.48. The number of carbonyl (C=O) groups is 1. The van der Waals surface area contributed by atoms with Gasteiger partial charge in [-0.3, -0.25) is 4.79 Å². The summed E-state index contributed by atoms with van der Waals surface area (Å²) in [5, 5.41) is 0. The monoisotopic (exact) mass is 408 g/mol. The van der Waals surface area contributed by atoms with Gasteiger partial charge in [-0.2, -0.15) is 0 Å². The molecular weight excluding hydrogens is 389 g/mol. The molecule has 1 aliphatic carbocycles. The summed E-state index contributed by atoms with van der Waals surface area (Å²) in [6.07, 6.45) is 0.805. The smallest absolute Gasteiger partial charge is 0.324 e. The Morgan fingerprint density at radius 3 is 2.33 bits per heavy atom. The Bertz CT molecular complexity index is 637. The van der Waals surface area contributed by atoms with Crippen molar-refractivity contribution in [3.8, 4) is 5.75 Å². The van der Waals surface area contributed by atoms with Gasteiger partial charge in [0.2, 0.25) is 0 Å². The number of alkyl halides is 3. The molecule has 1 aromatic rings. The zero-order chi connectivity index (χ0) is 18.3. The molecule has 1 unspecified atom stereocenters. The molecule has 1 atom stereocenters. The number of ether oxygens (including phenoxy) is 2. The van der Waals surface area contributed by atoms with Gasteiger partial charge in [-0.1, -0.05) is 15.9 Å². The maximum atomic E-state index is 14.3. The van der Waals surface area contributed by atoms with Gasteiger partial charge in [-0.25, -0.2) is 13.2 Å². The molecule has 0 amide bonds. The molecule has 1 aromatic carbocycles. The maximum Gasteiger partial charge on any atom is 0.324 e. The van der Waals surface area contributed by atoms with E-state index in [4.69, 9.17) is 9.47 Å². The highest BCUT2D eigenvalue weighted by Crippen LogP contribution is 2.51. The van der Waals surface area contributed by atoms with Crippen molar-refractivity contribution < 1.29 is 27.4 Å². The van der Waals surface area contributed by atoms with Crippen LogP contribution in [0.15, 0.2) is 12.1 Å². The summed E-state index contributed by atoms with van der Waals surface area (Å²) in [5.74, 6) is -5.81. The first kappa shape index (κ1) is 19.1. The van der Waals surface area contributed by atoms with E-state index in [1.54, 1.807) is 20.8 Å². The van der Waals surface area contributed by atoms with Crippen molar-refractivity contribution in [2.24, 2.45) is 5.92 Å².